The predicted octanol–water partition coefficient (Wildman–Crippen LogP) is 0.725. The first-order chi connectivity index (χ1) is 9.11. The fourth-order valence-electron chi connectivity index (χ4n) is 1.59. The largest absolute Gasteiger partial charge is 0.355 e. The Labute approximate surface area is 109 Å². The molecule has 98 valence electrons. The molecule has 0 saturated heterocycles. The molecule has 2 aromatic rings. The van der Waals surface area contributed by atoms with E-state index in [4.69, 9.17) is 0 Å². The van der Waals surface area contributed by atoms with E-state index in [1.807, 2.05) is 6.92 Å². The number of aromatic nitrogens is 3. The lowest BCUT2D eigenvalue weighted by molar-refractivity contribution is 0.0962. The number of hydrogen-bond acceptors (Lipinski definition) is 4. The van der Waals surface area contributed by atoms with Gasteiger partial charge in [0.05, 0.1) is 0 Å². The van der Waals surface area contributed by atoms with Gasteiger partial charge in [-0.25, -0.2) is 4.98 Å². The van der Waals surface area contributed by atoms with Crippen LogP contribution >= 0.6 is 0 Å². The molecule has 0 aliphatic rings. The minimum atomic E-state index is -0.381. The van der Waals surface area contributed by atoms with E-state index in [-0.39, 0.29) is 17.6 Å². The van der Waals surface area contributed by atoms with E-state index in [0.29, 0.717) is 11.3 Å². The van der Waals surface area contributed by atoms with Gasteiger partial charge < -0.3 is 10.6 Å². The van der Waals surface area contributed by atoms with Crippen LogP contribution in [0.5, 0.6) is 0 Å². The first-order valence-electron chi connectivity index (χ1n) is 5.61. The van der Waals surface area contributed by atoms with Crippen molar-refractivity contribution in [2.45, 2.75) is 6.92 Å². The van der Waals surface area contributed by atoms with E-state index < -0.39 is 0 Å². The topological polar surface area (TPSA) is 99.8 Å². The highest BCUT2D eigenvalue weighted by Crippen LogP contribution is 2.17. The average Bonchev–Trinajstić information content (AvgIpc) is 2.94. The van der Waals surface area contributed by atoms with Gasteiger partial charge in [-0.05, 0) is 30.7 Å². The van der Waals surface area contributed by atoms with E-state index >= 15 is 0 Å². The molecule has 0 fully saturated rings. The Hall–Kier alpha value is -2.70. The van der Waals surface area contributed by atoms with E-state index in [1.165, 1.54) is 6.33 Å². The molecule has 0 spiro atoms. The van der Waals surface area contributed by atoms with Gasteiger partial charge >= 0.3 is 0 Å². The van der Waals surface area contributed by atoms with Gasteiger partial charge in [-0.2, -0.15) is 5.10 Å². The Morgan fingerprint density at radius 2 is 2.05 bits per heavy atom. The van der Waals surface area contributed by atoms with Gasteiger partial charge in [-0.3, -0.25) is 14.7 Å². The number of anilines is 1. The number of carbonyl (C=O) groups excluding carboxylic acids is 2. The summed E-state index contributed by atoms with van der Waals surface area (Å²) < 4.78 is 0. The van der Waals surface area contributed by atoms with Crippen LogP contribution in [0.25, 0.3) is 0 Å². The number of aryl methyl sites for hydroxylation is 1. The second kappa shape index (κ2) is 5.30. The number of aromatic amines is 1. The number of benzene rings is 1. The van der Waals surface area contributed by atoms with Gasteiger partial charge in [0.2, 0.25) is 5.82 Å². The number of amides is 2. The molecule has 2 amide bonds. The van der Waals surface area contributed by atoms with E-state index in [2.05, 4.69) is 25.8 Å². The fraction of sp³-hybridized carbons (Fsp3) is 0.167. The Morgan fingerprint density at radius 1 is 1.26 bits per heavy atom. The van der Waals surface area contributed by atoms with Gasteiger partial charge in [0, 0.05) is 18.3 Å². The summed E-state index contributed by atoms with van der Waals surface area (Å²) in [6.45, 7) is 1.81. The molecule has 1 heterocycles. The van der Waals surface area contributed by atoms with Gasteiger partial charge in [-0.1, -0.05) is 0 Å². The summed E-state index contributed by atoms with van der Waals surface area (Å²) in [5.74, 6) is -0.417. The third-order valence-electron chi connectivity index (χ3n) is 2.59. The van der Waals surface area contributed by atoms with Crippen LogP contribution in [0.15, 0.2) is 24.5 Å². The zero-order valence-corrected chi connectivity index (χ0v) is 10.5. The van der Waals surface area contributed by atoms with Crippen LogP contribution in [-0.2, 0) is 0 Å². The fourth-order valence-corrected chi connectivity index (χ4v) is 1.59. The summed E-state index contributed by atoms with van der Waals surface area (Å²) in [4.78, 5) is 27.0. The first-order valence-corrected chi connectivity index (χ1v) is 5.61. The van der Waals surface area contributed by atoms with Crippen LogP contribution in [0.2, 0.25) is 0 Å². The van der Waals surface area contributed by atoms with Crippen LogP contribution in [0, 0.1) is 6.92 Å². The average molecular weight is 259 g/mol. The Kier molecular flexibility index (Phi) is 3.56. The van der Waals surface area contributed by atoms with E-state index in [0.717, 1.165) is 5.56 Å². The number of hydrogen-bond donors (Lipinski definition) is 3. The molecular weight excluding hydrogens is 246 g/mol. The van der Waals surface area contributed by atoms with Crippen molar-refractivity contribution in [3.8, 4) is 0 Å². The second-order valence-corrected chi connectivity index (χ2v) is 3.90. The minimum absolute atomic E-state index is 0.134. The highest BCUT2D eigenvalue weighted by atomic mass is 16.2. The normalized spacial score (nSPS) is 10.0. The monoisotopic (exact) mass is 259 g/mol. The maximum atomic E-state index is 11.8. The molecule has 1 aromatic heterocycles. The number of nitrogens with zero attached hydrogens (tertiary/aromatic N) is 2. The lowest BCUT2D eigenvalue weighted by atomic mass is 10.1. The molecule has 7 heteroatoms. The molecule has 0 radical (unpaired) electrons. The lowest BCUT2D eigenvalue weighted by Crippen LogP contribution is -2.18. The third-order valence-corrected chi connectivity index (χ3v) is 2.59. The SMILES string of the molecule is CNC(=O)c1ccc(NC(=O)c2ncn[nH]2)c(C)c1. The lowest BCUT2D eigenvalue weighted by Gasteiger charge is -2.08. The first kappa shape index (κ1) is 12.7. The summed E-state index contributed by atoms with van der Waals surface area (Å²) in [6.07, 6.45) is 1.26. The van der Waals surface area contributed by atoms with Crippen molar-refractivity contribution in [2.75, 3.05) is 12.4 Å². The highest BCUT2D eigenvalue weighted by Gasteiger charge is 2.11. The van der Waals surface area contributed by atoms with Crippen LogP contribution < -0.4 is 10.6 Å². The zero-order chi connectivity index (χ0) is 13.8. The summed E-state index contributed by atoms with van der Waals surface area (Å²) in [7, 11) is 1.57. The minimum Gasteiger partial charge on any atom is -0.355 e. The summed E-state index contributed by atoms with van der Waals surface area (Å²) in [5.41, 5.74) is 1.95. The van der Waals surface area contributed by atoms with Crippen LogP contribution in [0.4, 0.5) is 5.69 Å². The molecule has 3 N–H and O–H groups in total. The van der Waals surface area contributed by atoms with Crippen molar-refractivity contribution in [3.63, 3.8) is 0 Å². The maximum absolute atomic E-state index is 11.8. The van der Waals surface area contributed by atoms with Crippen LogP contribution in [-0.4, -0.2) is 34.0 Å². The van der Waals surface area contributed by atoms with Gasteiger partial charge in [0.25, 0.3) is 11.8 Å². The summed E-state index contributed by atoms with van der Waals surface area (Å²) >= 11 is 0. The quantitative estimate of drug-likeness (QED) is 0.756. The maximum Gasteiger partial charge on any atom is 0.292 e. The Bertz CT molecular complexity index is 607. The van der Waals surface area contributed by atoms with Gasteiger partial charge in [0.15, 0.2) is 0 Å². The van der Waals surface area contributed by atoms with Crippen molar-refractivity contribution < 1.29 is 9.59 Å². The summed E-state index contributed by atoms with van der Waals surface area (Å²) in [6, 6.07) is 5.02. The smallest absolute Gasteiger partial charge is 0.292 e. The summed E-state index contributed by atoms with van der Waals surface area (Å²) in [5, 5.41) is 11.3. The van der Waals surface area contributed by atoms with Crippen molar-refractivity contribution in [3.05, 3.63) is 41.5 Å². The molecule has 0 aliphatic heterocycles. The Morgan fingerprint density at radius 3 is 2.63 bits per heavy atom. The van der Waals surface area contributed by atoms with Gasteiger partial charge in [-0.15, -0.1) is 0 Å². The molecule has 0 atom stereocenters. The van der Waals surface area contributed by atoms with Crippen molar-refractivity contribution in [1.82, 2.24) is 20.5 Å². The van der Waals surface area contributed by atoms with E-state index in [1.54, 1.807) is 25.2 Å². The number of H-pyrrole nitrogens is 1. The van der Waals surface area contributed by atoms with Crippen molar-refractivity contribution in [2.24, 2.45) is 0 Å². The zero-order valence-electron chi connectivity index (χ0n) is 10.5. The molecule has 0 aliphatic carbocycles. The molecule has 1 aromatic carbocycles. The number of rotatable bonds is 3. The van der Waals surface area contributed by atoms with Gasteiger partial charge in [0.1, 0.15) is 6.33 Å². The highest BCUT2D eigenvalue weighted by molar-refractivity contribution is 6.02. The molecule has 2 rings (SSSR count). The molecule has 19 heavy (non-hydrogen) atoms. The van der Waals surface area contributed by atoms with Crippen LogP contribution in [0.1, 0.15) is 26.5 Å². The molecule has 0 bridgehead atoms. The van der Waals surface area contributed by atoms with Crippen LogP contribution in [0.3, 0.4) is 0 Å². The molecule has 0 saturated carbocycles. The molecule has 0 unspecified atom stereocenters. The number of carbonyl (C=O) groups is 2. The number of nitrogens with one attached hydrogen (secondary N) is 3. The second-order valence-electron chi connectivity index (χ2n) is 3.90. The predicted molar refractivity (Wildman–Crippen MR) is 68.9 cm³/mol. The standard InChI is InChI=1S/C12H13N5O2/c1-7-5-8(11(18)13-2)3-4-9(7)16-12(19)10-14-6-15-17-10/h3-6H,1-2H3,(H,13,18)(H,16,19)(H,14,15,17). The molecular formula is C12H13N5O2. The Balaban J connectivity index is 2.18. The van der Waals surface area contributed by atoms with Crippen molar-refractivity contribution >= 4 is 17.5 Å². The van der Waals surface area contributed by atoms with E-state index in [9.17, 15) is 9.59 Å². The molecule has 7 nitrogen and oxygen atoms in total. The third kappa shape index (κ3) is 2.76. The van der Waals surface area contributed by atoms with Crippen molar-refractivity contribution in [1.29, 1.82) is 0 Å².